The van der Waals surface area contributed by atoms with Crippen LogP contribution in [0, 0.1) is 3.57 Å². The summed E-state index contributed by atoms with van der Waals surface area (Å²) in [6, 6.07) is 7.30. The van der Waals surface area contributed by atoms with Gasteiger partial charge in [0, 0.05) is 14.2 Å². The lowest BCUT2D eigenvalue weighted by molar-refractivity contribution is 0.0957. The van der Waals surface area contributed by atoms with Gasteiger partial charge in [0.05, 0.1) is 6.54 Å². The van der Waals surface area contributed by atoms with E-state index >= 15 is 0 Å². The summed E-state index contributed by atoms with van der Waals surface area (Å²) in [7, 11) is 0. The van der Waals surface area contributed by atoms with Gasteiger partial charge in [-0.05, 0) is 46.9 Å². The Hall–Kier alpha value is -0.550. The molecule has 0 aliphatic heterocycles. The molecule has 14 heavy (non-hydrogen) atoms. The van der Waals surface area contributed by atoms with Crippen LogP contribution >= 0.6 is 34.2 Å². The van der Waals surface area contributed by atoms with E-state index < -0.39 is 0 Å². The summed E-state index contributed by atoms with van der Waals surface area (Å²) in [6.45, 7) is 3.78. The molecule has 74 valence electrons. The fourth-order valence-corrected chi connectivity index (χ4v) is 1.31. The van der Waals surface area contributed by atoms with E-state index in [1.807, 2.05) is 12.1 Å². The van der Waals surface area contributed by atoms with Gasteiger partial charge in [-0.2, -0.15) is 0 Å². The Morgan fingerprint density at radius 1 is 1.43 bits per heavy atom. The highest BCUT2D eigenvalue weighted by Gasteiger charge is 2.03. The van der Waals surface area contributed by atoms with Crippen molar-refractivity contribution < 1.29 is 4.79 Å². The first-order valence-corrected chi connectivity index (χ1v) is 5.42. The number of benzene rings is 1. The first-order chi connectivity index (χ1) is 6.59. The molecule has 1 aromatic rings. The topological polar surface area (TPSA) is 29.1 Å². The smallest absolute Gasteiger partial charge is 0.251 e. The zero-order valence-electron chi connectivity index (χ0n) is 7.39. The van der Waals surface area contributed by atoms with Gasteiger partial charge in [-0.15, -0.1) is 0 Å². The molecule has 1 rings (SSSR count). The van der Waals surface area contributed by atoms with Gasteiger partial charge in [0.1, 0.15) is 0 Å². The lowest BCUT2D eigenvalue weighted by atomic mass is 10.2. The van der Waals surface area contributed by atoms with Crippen molar-refractivity contribution in [3.05, 3.63) is 45.0 Å². The average molecular weight is 322 g/mol. The molecule has 4 heteroatoms. The Bertz CT molecular complexity index is 348. The van der Waals surface area contributed by atoms with Crippen molar-refractivity contribution in [2.24, 2.45) is 0 Å². The molecular weight excluding hydrogens is 312 g/mol. The Balaban J connectivity index is 2.61. The largest absolute Gasteiger partial charge is 0.347 e. The third kappa shape index (κ3) is 3.67. The number of amides is 1. The molecule has 0 fully saturated rings. The third-order valence-corrected chi connectivity index (χ3v) is 2.40. The van der Waals surface area contributed by atoms with E-state index in [9.17, 15) is 4.79 Å². The van der Waals surface area contributed by atoms with Crippen LogP contribution in [-0.2, 0) is 0 Å². The summed E-state index contributed by atoms with van der Waals surface area (Å²) in [5.74, 6) is -0.136. The summed E-state index contributed by atoms with van der Waals surface area (Å²) in [5.41, 5.74) is 0.628. The van der Waals surface area contributed by atoms with Gasteiger partial charge in [0.15, 0.2) is 0 Å². The first-order valence-electron chi connectivity index (χ1n) is 3.96. The van der Waals surface area contributed by atoms with E-state index in [-0.39, 0.29) is 5.91 Å². The predicted molar refractivity (Wildman–Crippen MR) is 66.5 cm³/mol. The SMILES string of the molecule is C=C(Cl)CNC(=O)c1ccc(I)cc1. The second kappa shape index (κ2) is 5.36. The summed E-state index contributed by atoms with van der Waals surface area (Å²) in [5, 5.41) is 3.07. The summed E-state index contributed by atoms with van der Waals surface area (Å²) < 4.78 is 1.10. The van der Waals surface area contributed by atoms with Crippen LogP contribution in [0.25, 0.3) is 0 Å². The van der Waals surface area contributed by atoms with E-state index in [2.05, 4.69) is 34.5 Å². The zero-order valence-corrected chi connectivity index (χ0v) is 10.3. The molecular formula is C10H9ClINO. The van der Waals surface area contributed by atoms with Crippen LogP contribution < -0.4 is 5.32 Å². The fraction of sp³-hybridized carbons (Fsp3) is 0.100. The third-order valence-electron chi connectivity index (χ3n) is 1.55. The molecule has 0 atom stereocenters. The van der Waals surface area contributed by atoms with E-state index in [1.54, 1.807) is 12.1 Å². The van der Waals surface area contributed by atoms with Crippen LogP contribution in [0.2, 0.25) is 0 Å². The number of halogens is 2. The minimum atomic E-state index is -0.136. The minimum absolute atomic E-state index is 0.136. The molecule has 1 N–H and O–H groups in total. The molecule has 0 aliphatic carbocycles. The molecule has 1 aromatic carbocycles. The number of hydrogen-bond acceptors (Lipinski definition) is 1. The van der Waals surface area contributed by atoms with Crippen molar-refractivity contribution in [1.29, 1.82) is 0 Å². The van der Waals surface area contributed by atoms with Crippen LogP contribution in [0.3, 0.4) is 0 Å². The van der Waals surface area contributed by atoms with Crippen molar-refractivity contribution in [3.63, 3.8) is 0 Å². The Labute approximate surface area is 101 Å². The van der Waals surface area contributed by atoms with Crippen LogP contribution in [0.15, 0.2) is 35.9 Å². The maximum atomic E-state index is 11.4. The highest BCUT2D eigenvalue weighted by Crippen LogP contribution is 2.06. The molecule has 0 saturated carbocycles. The van der Waals surface area contributed by atoms with Gasteiger partial charge in [-0.1, -0.05) is 18.2 Å². The summed E-state index contributed by atoms with van der Waals surface area (Å²) >= 11 is 7.71. The molecule has 1 amide bonds. The summed E-state index contributed by atoms with van der Waals surface area (Å²) in [4.78, 5) is 11.4. The van der Waals surface area contributed by atoms with Crippen LogP contribution in [0.1, 0.15) is 10.4 Å². The van der Waals surface area contributed by atoms with E-state index in [0.717, 1.165) is 3.57 Å². The monoisotopic (exact) mass is 321 g/mol. The molecule has 2 nitrogen and oxygen atoms in total. The quantitative estimate of drug-likeness (QED) is 0.852. The van der Waals surface area contributed by atoms with E-state index in [0.29, 0.717) is 17.1 Å². The van der Waals surface area contributed by atoms with Gasteiger partial charge in [0.25, 0.3) is 5.91 Å². The van der Waals surface area contributed by atoms with Gasteiger partial charge < -0.3 is 5.32 Å². The molecule has 0 heterocycles. The van der Waals surface area contributed by atoms with Crippen LogP contribution in [0.4, 0.5) is 0 Å². The van der Waals surface area contributed by atoms with Crippen molar-refractivity contribution in [2.75, 3.05) is 6.54 Å². The van der Waals surface area contributed by atoms with E-state index in [1.165, 1.54) is 0 Å². The molecule has 0 spiro atoms. The van der Waals surface area contributed by atoms with Crippen molar-refractivity contribution in [3.8, 4) is 0 Å². The Morgan fingerprint density at radius 3 is 2.50 bits per heavy atom. The van der Waals surface area contributed by atoms with Crippen molar-refractivity contribution in [2.45, 2.75) is 0 Å². The van der Waals surface area contributed by atoms with Gasteiger partial charge in [-0.25, -0.2) is 0 Å². The number of carbonyl (C=O) groups excluding carboxylic acids is 1. The van der Waals surface area contributed by atoms with Crippen LogP contribution in [-0.4, -0.2) is 12.5 Å². The maximum Gasteiger partial charge on any atom is 0.251 e. The highest BCUT2D eigenvalue weighted by molar-refractivity contribution is 14.1. The molecule has 0 unspecified atom stereocenters. The Morgan fingerprint density at radius 2 is 2.00 bits per heavy atom. The summed E-state index contributed by atoms with van der Waals surface area (Å²) in [6.07, 6.45) is 0. The molecule has 0 bridgehead atoms. The van der Waals surface area contributed by atoms with Crippen LogP contribution in [0.5, 0.6) is 0 Å². The number of hydrogen-bond donors (Lipinski definition) is 1. The number of rotatable bonds is 3. The molecule has 0 saturated heterocycles. The second-order valence-electron chi connectivity index (χ2n) is 2.71. The highest BCUT2D eigenvalue weighted by atomic mass is 127. The van der Waals surface area contributed by atoms with Gasteiger partial charge >= 0.3 is 0 Å². The average Bonchev–Trinajstić information content (AvgIpc) is 2.15. The standard InChI is InChI=1S/C10H9ClINO/c1-7(11)6-13-10(14)8-2-4-9(12)5-3-8/h2-5H,1,6H2,(H,13,14). The molecule has 0 aliphatic rings. The maximum absolute atomic E-state index is 11.4. The van der Waals surface area contributed by atoms with Gasteiger partial charge in [-0.3, -0.25) is 4.79 Å². The van der Waals surface area contributed by atoms with E-state index in [4.69, 9.17) is 11.6 Å². The zero-order chi connectivity index (χ0) is 10.6. The predicted octanol–water partition coefficient (Wildman–Crippen LogP) is 2.77. The van der Waals surface area contributed by atoms with Crippen molar-refractivity contribution in [1.82, 2.24) is 5.32 Å². The first kappa shape index (κ1) is 11.5. The lowest BCUT2D eigenvalue weighted by Crippen LogP contribution is -2.24. The minimum Gasteiger partial charge on any atom is -0.347 e. The number of nitrogens with one attached hydrogen (secondary N) is 1. The number of carbonyl (C=O) groups is 1. The normalized spacial score (nSPS) is 9.57. The lowest BCUT2D eigenvalue weighted by Gasteiger charge is -2.03. The van der Waals surface area contributed by atoms with Crippen molar-refractivity contribution >= 4 is 40.1 Å². The van der Waals surface area contributed by atoms with Gasteiger partial charge in [0.2, 0.25) is 0 Å². The second-order valence-corrected chi connectivity index (χ2v) is 4.49. The molecule has 0 radical (unpaired) electrons. The fourth-order valence-electron chi connectivity index (χ4n) is 0.880. The molecule has 0 aromatic heterocycles. The Kier molecular flexibility index (Phi) is 4.41.